The SMILES string of the molecule is CC(C)OCCN(C)c1cccc(Cl)c1CNC(C)(C)C. The number of nitrogens with one attached hydrogen (secondary N) is 1. The average Bonchev–Trinajstić information content (AvgIpc) is 2.35. The van der Waals surface area contributed by atoms with Crippen LogP contribution in [0.2, 0.25) is 5.02 Å². The van der Waals surface area contributed by atoms with E-state index in [1.54, 1.807) is 0 Å². The molecule has 1 aromatic rings. The molecule has 0 amide bonds. The zero-order valence-electron chi connectivity index (χ0n) is 14.2. The quantitative estimate of drug-likeness (QED) is 0.820. The Morgan fingerprint density at radius 2 is 1.95 bits per heavy atom. The number of rotatable bonds is 7. The second-order valence-electron chi connectivity index (χ2n) is 6.68. The normalized spacial score (nSPS) is 12.0. The van der Waals surface area contributed by atoms with E-state index in [0.29, 0.717) is 6.61 Å². The number of hydrogen-bond acceptors (Lipinski definition) is 3. The number of hydrogen-bond donors (Lipinski definition) is 1. The lowest BCUT2D eigenvalue weighted by atomic mass is 10.1. The summed E-state index contributed by atoms with van der Waals surface area (Å²) in [5.41, 5.74) is 2.36. The van der Waals surface area contributed by atoms with Crippen molar-refractivity contribution in [3.8, 4) is 0 Å². The van der Waals surface area contributed by atoms with E-state index in [1.807, 2.05) is 12.1 Å². The van der Waals surface area contributed by atoms with Gasteiger partial charge in [0.15, 0.2) is 0 Å². The molecule has 1 aromatic carbocycles. The maximum Gasteiger partial charge on any atom is 0.0644 e. The molecular formula is C17H29ClN2O. The first kappa shape index (κ1) is 18.3. The van der Waals surface area contributed by atoms with Crippen LogP contribution in [0.4, 0.5) is 5.69 Å². The van der Waals surface area contributed by atoms with Gasteiger partial charge in [0.1, 0.15) is 0 Å². The van der Waals surface area contributed by atoms with Crippen molar-refractivity contribution in [3.63, 3.8) is 0 Å². The summed E-state index contributed by atoms with van der Waals surface area (Å²) in [6.45, 7) is 12.9. The van der Waals surface area contributed by atoms with E-state index in [-0.39, 0.29) is 11.6 Å². The summed E-state index contributed by atoms with van der Waals surface area (Å²) in [6.07, 6.45) is 0.264. The van der Waals surface area contributed by atoms with Gasteiger partial charge < -0.3 is 15.0 Å². The van der Waals surface area contributed by atoms with Crippen LogP contribution in [0.1, 0.15) is 40.2 Å². The Balaban J connectivity index is 2.78. The second-order valence-corrected chi connectivity index (χ2v) is 7.09. The first-order valence-corrected chi connectivity index (χ1v) is 7.93. The fourth-order valence-electron chi connectivity index (χ4n) is 1.98. The van der Waals surface area contributed by atoms with Crippen LogP contribution in [0.3, 0.4) is 0 Å². The third kappa shape index (κ3) is 6.68. The van der Waals surface area contributed by atoms with Crippen LogP contribution < -0.4 is 10.2 Å². The Morgan fingerprint density at radius 1 is 1.29 bits per heavy atom. The van der Waals surface area contributed by atoms with Crippen molar-refractivity contribution >= 4 is 17.3 Å². The van der Waals surface area contributed by atoms with Gasteiger partial charge in [0.05, 0.1) is 12.7 Å². The van der Waals surface area contributed by atoms with Crippen molar-refractivity contribution in [3.05, 3.63) is 28.8 Å². The number of anilines is 1. The summed E-state index contributed by atoms with van der Waals surface area (Å²) in [5.74, 6) is 0. The summed E-state index contributed by atoms with van der Waals surface area (Å²) in [7, 11) is 2.08. The van der Waals surface area contributed by atoms with E-state index in [2.05, 4.69) is 57.9 Å². The topological polar surface area (TPSA) is 24.5 Å². The maximum absolute atomic E-state index is 6.39. The molecule has 3 nitrogen and oxygen atoms in total. The van der Waals surface area contributed by atoms with E-state index in [4.69, 9.17) is 16.3 Å². The van der Waals surface area contributed by atoms with Crippen LogP contribution in [0.25, 0.3) is 0 Å². The lowest BCUT2D eigenvalue weighted by molar-refractivity contribution is 0.0846. The summed E-state index contributed by atoms with van der Waals surface area (Å²) in [6, 6.07) is 6.06. The van der Waals surface area contributed by atoms with Crippen LogP contribution >= 0.6 is 11.6 Å². The third-order valence-corrected chi connectivity index (χ3v) is 3.53. The van der Waals surface area contributed by atoms with Crippen molar-refractivity contribution in [1.29, 1.82) is 0 Å². The van der Waals surface area contributed by atoms with Gasteiger partial charge in [-0.15, -0.1) is 0 Å². The Labute approximate surface area is 134 Å². The highest BCUT2D eigenvalue weighted by molar-refractivity contribution is 6.31. The molecule has 0 aliphatic heterocycles. The van der Waals surface area contributed by atoms with Gasteiger partial charge in [0.25, 0.3) is 0 Å². The maximum atomic E-state index is 6.39. The van der Waals surface area contributed by atoms with Crippen LogP contribution in [0, 0.1) is 0 Å². The van der Waals surface area contributed by atoms with Gasteiger partial charge in [0, 0.05) is 41.9 Å². The molecule has 0 aromatic heterocycles. The molecule has 0 radical (unpaired) electrons. The monoisotopic (exact) mass is 312 g/mol. The van der Waals surface area contributed by atoms with Gasteiger partial charge in [-0.3, -0.25) is 0 Å². The molecule has 1 rings (SSSR count). The van der Waals surface area contributed by atoms with Crippen molar-refractivity contribution in [2.24, 2.45) is 0 Å². The van der Waals surface area contributed by atoms with E-state index >= 15 is 0 Å². The standard InChI is InChI=1S/C17H29ClN2O/c1-13(2)21-11-10-20(6)16-9-7-8-15(18)14(16)12-19-17(3,4)5/h7-9,13,19H,10-12H2,1-6H3. The molecule has 0 aliphatic carbocycles. The lowest BCUT2D eigenvalue weighted by Crippen LogP contribution is -2.36. The van der Waals surface area contributed by atoms with Gasteiger partial charge in [-0.2, -0.15) is 0 Å². The molecule has 0 aliphatic rings. The van der Waals surface area contributed by atoms with E-state index in [9.17, 15) is 0 Å². The Hall–Kier alpha value is -0.770. The zero-order valence-corrected chi connectivity index (χ0v) is 14.9. The minimum atomic E-state index is 0.0652. The highest BCUT2D eigenvalue weighted by Crippen LogP contribution is 2.27. The first-order valence-electron chi connectivity index (χ1n) is 7.56. The highest BCUT2D eigenvalue weighted by Gasteiger charge is 2.14. The molecule has 0 bridgehead atoms. The zero-order chi connectivity index (χ0) is 16.0. The van der Waals surface area contributed by atoms with Crippen LogP contribution in [-0.2, 0) is 11.3 Å². The number of benzene rings is 1. The Kier molecular flexibility index (Phi) is 6.98. The number of nitrogens with zero attached hydrogens (tertiary/aromatic N) is 1. The summed E-state index contributed by atoms with van der Waals surface area (Å²) in [5, 5.41) is 4.31. The van der Waals surface area contributed by atoms with Crippen molar-refractivity contribution in [2.45, 2.75) is 52.8 Å². The van der Waals surface area contributed by atoms with Gasteiger partial charge in [-0.25, -0.2) is 0 Å². The molecule has 1 N–H and O–H groups in total. The molecule has 0 fully saturated rings. The molecule has 0 atom stereocenters. The predicted molar refractivity (Wildman–Crippen MR) is 92.4 cm³/mol. The third-order valence-electron chi connectivity index (χ3n) is 3.18. The largest absolute Gasteiger partial charge is 0.377 e. The molecule has 0 saturated carbocycles. The van der Waals surface area contributed by atoms with E-state index < -0.39 is 0 Å². The minimum absolute atomic E-state index is 0.0652. The number of halogens is 1. The van der Waals surface area contributed by atoms with E-state index in [1.165, 1.54) is 0 Å². The highest BCUT2D eigenvalue weighted by atomic mass is 35.5. The van der Waals surface area contributed by atoms with Crippen molar-refractivity contribution in [2.75, 3.05) is 25.1 Å². The van der Waals surface area contributed by atoms with Gasteiger partial charge in [-0.05, 0) is 46.8 Å². The van der Waals surface area contributed by atoms with Crippen LogP contribution in [-0.4, -0.2) is 31.8 Å². The molecule has 21 heavy (non-hydrogen) atoms. The van der Waals surface area contributed by atoms with Crippen LogP contribution in [0.15, 0.2) is 18.2 Å². The molecule has 0 heterocycles. The molecule has 0 unspecified atom stereocenters. The smallest absolute Gasteiger partial charge is 0.0644 e. The van der Waals surface area contributed by atoms with Crippen LogP contribution in [0.5, 0.6) is 0 Å². The van der Waals surface area contributed by atoms with Gasteiger partial charge in [0.2, 0.25) is 0 Å². The minimum Gasteiger partial charge on any atom is -0.377 e. The molecule has 120 valence electrons. The predicted octanol–water partition coefficient (Wildman–Crippen LogP) is 4.09. The first-order chi connectivity index (χ1) is 9.70. The lowest BCUT2D eigenvalue weighted by Gasteiger charge is -2.26. The van der Waals surface area contributed by atoms with E-state index in [0.717, 1.165) is 29.4 Å². The molecule has 0 spiro atoms. The second kappa shape index (κ2) is 8.02. The number of likely N-dealkylation sites (N-methyl/N-ethyl adjacent to an activating group) is 1. The summed E-state index contributed by atoms with van der Waals surface area (Å²) < 4.78 is 5.63. The molecular weight excluding hydrogens is 284 g/mol. The fraction of sp³-hybridized carbons (Fsp3) is 0.647. The Morgan fingerprint density at radius 3 is 2.52 bits per heavy atom. The van der Waals surface area contributed by atoms with Crippen molar-refractivity contribution in [1.82, 2.24) is 5.32 Å². The summed E-state index contributed by atoms with van der Waals surface area (Å²) >= 11 is 6.39. The Bertz CT molecular complexity index is 441. The summed E-state index contributed by atoms with van der Waals surface area (Å²) in [4.78, 5) is 2.20. The molecule has 0 saturated heterocycles. The van der Waals surface area contributed by atoms with Gasteiger partial charge in [-0.1, -0.05) is 17.7 Å². The average molecular weight is 313 g/mol. The number of ether oxygens (including phenoxy) is 1. The molecule has 4 heteroatoms. The van der Waals surface area contributed by atoms with Crippen molar-refractivity contribution < 1.29 is 4.74 Å². The fourth-order valence-corrected chi connectivity index (χ4v) is 2.22. The van der Waals surface area contributed by atoms with Gasteiger partial charge >= 0.3 is 0 Å².